The van der Waals surface area contributed by atoms with Gasteiger partial charge in [-0.3, -0.25) is 9.88 Å². The first-order valence-electron chi connectivity index (χ1n) is 17.2. The summed E-state index contributed by atoms with van der Waals surface area (Å²) in [5.41, 5.74) is 7.02. The Labute approximate surface area is 272 Å². The number of likely N-dealkylation sites (tertiary alicyclic amines) is 1. The smallest absolute Gasteiger partial charge is 0.0550 e. The Morgan fingerprint density at radius 2 is 1.82 bits per heavy atom. The topological polar surface area (TPSA) is 19.4 Å². The van der Waals surface area contributed by atoms with Crippen molar-refractivity contribution >= 4 is 5.69 Å². The van der Waals surface area contributed by atoms with Crippen LogP contribution in [0.5, 0.6) is 0 Å². The average Bonchev–Trinajstić information content (AvgIpc) is 3.45. The van der Waals surface area contributed by atoms with Gasteiger partial charge in [0.15, 0.2) is 0 Å². The largest absolute Gasteiger partial charge is 0.373 e. The Kier molecular flexibility index (Phi) is 20.9. The lowest BCUT2D eigenvalue weighted by molar-refractivity contribution is 0.254. The second-order valence-corrected chi connectivity index (χ2v) is 12.4. The summed E-state index contributed by atoms with van der Waals surface area (Å²) in [6, 6.07) is 11.8. The highest BCUT2D eigenvalue weighted by atomic mass is 15.2. The minimum Gasteiger partial charge on any atom is -0.373 e. The predicted molar refractivity (Wildman–Crippen MR) is 198 cm³/mol. The molecule has 0 N–H and O–H groups in total. The molecule has 0 spiro atoms. The second-order valence-electron chi connectivity index (χ2n) is 12.4. The minimum atomic E-state index is 0.675. The Balaban J connectivity index is 0.000000498. The number of pyridine rings is 1. The lowest BCUT2D eigenvalue weighted by Crippen LogP contribution is -2.29. The normalized spacial score (nSPS) is 17.6. The number of aryl methyl sites for hydroxylation is 2. The van der Waals surface area contributed by atoms with Crippen molar-refractivity contribution in [1.29, 1.82) is 0 Å². The van der Waals surface area contributed by atoms with Gasteiger partial charge >= 0.3 is 0 Å². The van der Waals surface area contributed by atoms with Gasteiger partial charge in [0, 0.05) is 32.4 Å². The standard InChI is InChI=1S/C27H41N.C10H16N2.C4H8/c1-7-17-28-20-26(25-16-15-23(5)24(6)18-25)19-27(28)14-12-10-9-11-13-22(4)21(3)8-2;1-3-4-8-12(2)10-6-5-7-11-9-10;1-3-4-2/h9-13,15-16,18,21,26-27H,7-8,14,17,19-20H2,1-6H3;5-7,9H,3-4,8H2,1-2H3;3H,1,4H2,2H3/b11-9-,12-10+,22-13+;;. The van der Waals surface area contributed by atoms with Gasteiger partial charge in [0.2, 0.25) is 0 Å². The highest BCUT2D eigenvalue weighted by Gasteiger charge is 2.31. The van der Waals surface area contributed by atoms with Crippen molar-refractivity contribution in [2.45, 2.75) is 112 Å². The summed E-state index contributed by atoms with van der Waals surface area (Å²) in [7, 11) is 2.10. The number of allylic oxidation sites excluding steroid dienone is 6. The van der Waals surface area contributed by atoms with Crippen LogP contribution in [0.2, 0.25) is 0 Å². The maximum absolute atomic E-state index is 4.07. The molecule has 0 amide bonds. The number of hydrogen-bond acceptors (Lipinski definition) is 3. The molecule has 44 heavy (non-hydrogen) atoms. The molecule has 1 aromatic carbocycles. The monoisotopic (exact) mass is 600 g/mol. The second kappa shape index (κ2) is 23.5. The van der Waals surface area contributed by atoms with Crippen molar-refractivity contribution < 1.29 is 0 Å². The van der Waals surface area contributed by atoms with Crippen LogP contribution in [0.3, 0.4) is 0 Å². The van der Waals surface area contributed by atoms with Crippen LogP contribution in [0.4, 0.5) is 5.69 Å². The van der Waals surface area contributed by atoms with Crippen LogP contribution in [0, 0.1) is 19.8 Å². The van der Waals surface area contributed by atoms with Crippen LogP contribution in [-0.4, -0.2) is 42.6 Å². The molecule has 1 aliphatic heterocycles. The lowest BCUT2D eigenvalue weighted by Gasteiger charge is -2.22. The van der Waals surface area contributed by atoms with Crippen LogP contribution in [0.15, 0.2) is 91.3 Å². The molecule has 0 aliphatic carbocycles. The molecule has 0 saturated carbocycles. The Bertz CT molecular complexity index is 1110. The predicted octanol–water partition coefficient (Wildman–Crippen LogP) is 11.3. The van der Waals surface area contributed by atoms with E-state index in [1.165, 1.54) is 73.1 Å². The summed E-state index contributed by atoms with van der Waals surface area (Å²) in [5.74, 6) is 1.36. The summed E-state index contributed by atoms with van der Waals surface area (Å²) in [5, 5.41) is 0. The molecule has 1 saturated heterocycles. The SMILES string of the molecule is C=CCC.CCCCN(C)c1cccnc1.CCCN1CC(c2ccc(C)c(C)c2)CC1C/C=C/C=C\C=C(/C)C(C)CC. The third-order valence-electron chi connectivity index (χ3n) is 8.78. The number of unbranched alkanes of at least 4 members (excludes halogenated alkanes) is 1. The summed E-state index contributed by atoms with van der Waals surface area (Å²) < 4.78 is 0. The molecule has 0 bridgehead atoms. The molecule has 244 valence electrons. The van der Waals surface area contributed by atoms with E-state index >= 15 is 0 Å². The molecule has 1 fully saturated rings. The molecule has 3 unspecified atom stereocenters. The van der Waals surface area contributed by atoms with Crippen LogP contribution in [0.1, 0.15) is 109 Å². The summed E-state index contributed by atoms with van der Waals surface area (Å²) >= 11 is 0. The Morgan fingerprint density at radius 3 is 2.41 bits per heavy atom. The van der Waals surface area contributed by atoms with Crippen LogP contribution < -0.4 is 4.90 Å². The maximum atomic E-state index is 4.07. The van der Waals surface area contributed by atoms with E-state index in [1.807, 2.05) is 18.3 Å². The van der Waals surface area contributed by atoms with Crippen LogP contribution in [-0.2, 0) is 0 Å². The van der Waals surface area contributed by atoms with Crippen LogP contribution >= 0.6 is 0 Å². The fraction of sp³-hybridized carbons (Fsp3) is 0.537. The molecule has 3 heteroatoms. The van der Waals surface area contributed by atoms with Gasteiger partial charge in [-0.25, -0.2) is 0 Å². The van der Waals surface area contributed by atoms with Gasteiger partial charge in [0.25, 0.3) is 0 Å². The Morgan fingerprint density at radius 1 is 1.07 bits per heavy atom. The quantitative estimate of drug-likeness (QED) is 0.159. The maximum Gasteiger partial charge on any atom is 0.0550 e. The zero-order valence-electron chi connectivity index (χ0n) is 29.9. The van der Waals surface area contributed by atoms with E-state index < -0.39 is 0 Å². The first kappa shape index (κ1) is 39.1. The van der Waals surface area contributed by atoms with Crippen molar-refractivity contribution in [3.63, 3.8) is 0 Å². The van der Waals surface area contributed by atoms with E-state index in [2.05, 4.69) is 138 Å². The highest BCUT2D eigenvalue weighted by molar-refractivity contribution is 5.42. The first-order valence-corrected chi connectivity index (χ1v) is 17.2. The van der Waals surface area contributed by atoms with E-state index in [4.69, 9.17) is 0 Å². The van der Waals surface area contributed by atoms with Gasteiger partial charge in [-0.2, -0.15) is 0 Å². The fourth-order valence-corrected chi connectivity index (χ4v) is 5.23. The number of benzene rings is 1. The molecular weight excluding hydrogens is 534 g/mol. The van der Waals surface area contributed by atoms with Crippen molar-refractivity contribution in [2.75, 3.05) is 31.6 Å². The number of nitrogens with zero attached hydrogens (tertiary/aromatic N) is 3. The van der Waals surface area contributed by atoms with Crippen molar-refractivity contribution in [3.05, 3.63) is 108 Å². The van der Waals surface area contributed by atoms with Gasteiger partial charge < -0.3 is 4.90 Å². The van der Waals surface area contributed by atoms with Gasteiger partial charge in [0.05, 0.1) is 11.9 Å². The van der Waals surface area contributed by atoms with Crippen molar-refractivity contribution in [1.82, 2.24) is 9.88 Å². The molecule has 1 aromatic heterocycles. The number of anilines is 1. The van der Waals surface area contributed by atoms with Crippen molar-refractivity contribution in [2.24, 2.45) is 5.92 Å². The van der Waals surface area contributed by atoms with E-state index in [0.717, 1.165) is 19.4 Å². The van der Waals surface area contributed by atoms with Gasteiger partial charge in [-0.05, 0) is 106 Å². The molecular formula is C41H65N3. The highest BCUT2D eigenvalue weighted by Crippen LogP contribution is 2.34. The van der Waals surface area contributed by atoms with Gasteiger partial charge in [-0.15, -0.1) is 6.58 Å². The van der Waals surface area contributed by atoms with Gasteiger partial charge in [-0.1, -0.05) is 101 Å². The number of rotatable bonds is 14. The van der Waals surface area contributed by atoms with Gasteiger partial charge in [0.1, 0.15) is 0 Å². The van der Waals surface area contributed by atoms with Crippen molar-refractivity contribution in [3.8, 4) is 0 Å². The number of hydrogen-bond donors (Lipinski definition) is 0. The summed E-state index contributed by atoms with van der Waals surface area (Å²) in [4.78, 5) is 9.01. The van der Waals surface area contributed by atoms with E-state index in [9.17, 15) is 0 Å². The third-order valence-corrected chi connectivity index (χ3v) is 8.78. The molecule has 3 atom stereocenters. The molecule has 3 rings (SSSR count). The lowest BCUT2D eigenvalue weighted by atomic mass is 9.93. The molecule has 1 aliphatic rings. The molecule has 2 heterocycles. The average molecular weight is 600 g/mol. The molecule has 3 nitrogen and oxygen atoms in total. The molecule has 0 radical (unpaired) electrons. The Hall–Kier alpha value is -2.91. The summed E-state index contributed by atoms with van der Waals surface area (Å²) in [6.45, 7) is 24.8. The minimum absolute atomic E-state index is 0.675. The number of aromatic nitrogens is 1. The first-order chi connectivity index (χ1) is 21.2. The zero-order chi connectivity index (χ0) is 32.7. The van der Waals surface area contributed by atoms with Crippen LogP contribution in [0.25, 0.3) is 0 Å². The van der Waals surface area contributed by atoms with E-state index in [1.54, 1.807) is 6.20 Å². The van der Waals surface area contributed by atoms with E-state index in [0.29, 0.717) is 17.9 Å². The van der Waals surface area contributed by atoms with E-state index in [-0.39, 0.29) is 0 Å². The fourth-order valence-electron chi connectivity index (χ4n) is 5.23. The molecule has 2 aromatic rings. The third kappa shape index (κ3) is 15.2. The zero-order valence-corrected chi connectivity index (χ0v) is 29.9. The summed E-state index contributed by atoms with van der Waals surface area (Å²) in [6.07, 6.45) is 25.2.